The number of carbonyl (C=O) groups is 2. The van der Waals surface area contributed by atoms with E-state index in [0.29, 0.717) is 11.3 Å². The summed E-state index contributed by atoms with van der Waals surface area (Å²) in [6.45, 7) is -0.0430. The van der Waals surface area contributed by atoms with Gasteiger partial charge < -0.3 is 14.4 Å². The maximum absolute atomic E-state index is 13.7. The lowest BCUT2D eigenvalue weighted by atomic mass is 10.1. The first-order valence-corrected chi connectivity index (χ1v) is 9.16. The van der Waals surface area contributed by atoms with E-state index in [1.54, 1.807) is 55.6 Å². The van der Waals surface area contributed by atoms with Gasteiger partial charge in [-0.3, -0.25) is 14.5 Å². The molecule has 1 aliphatic rings. The minimum atomic E-state index is -0.502. The fourth-order valence-corrected chi connectivity index (χ4v) is 2.98. The molecule has 0 spiro atoms. The molecule has 0 unspecified atom stereocenters. The Balaban J connectivity index is 1.75. The van der Waals surface area contributed by atoms with Crippen molar-refractivity contribution in [3.63, 3.8) is 0 Å². The summed E-state index contributed by atoms with van der Waals surface area (Å²) in [5, 5.41) is 0.233. The van der Waals surface area contributed by atoms with Crippen LogP contribution in [0.4, 0.5) is 4.39 Å². The third-order valence-electron chi connectivity index (χ3n) is 4.38. The lowest BCUT2D eigenvalue weighted by Crippen LogP contribution is -2.33. The number of esters is 1. The van der Waals surface area contributed by atoms with Crippen molar-refractivity contribution in [1.29, 1.82) is 0 Å². The Kier molecular flexibility index (Phi) is 6.23. The first kappa shape index (κ1) is 20.5. The van der Waals surface area contributed by atoms with Crippen molar-refractivity contribution in [3.8, 4) is 5.75 Å². The average Bonchev–Trinajstić information content (AvgIpc) is 2.92. The molecule has 2 aromatic rings. The molecular weight excluding hydrogens is 395 g/mol. The summed E-state index contributed by atoms with van der Waals surface area (Å²) < 4.78 is 24.0. The van der Waals surface area contributed by atoms with Gasteiger partial charge in [0, 0.05) is 12.6 Å². The van der Waals surface area contributed by atoms with Crippen molar-refractivity contribution in [2.75, 3.05) is 20.7 Å². The zero-order valence-electron chi connectivity index (χ0n) is 15.9. The van der Waals surface area contributed by atoms with E-state index < -0.39 is 5.97 Å². The van der Waals surface area contributed by atoms with Crippen LogP contribution in [0.25, 0.3) is 6.08 Å². The second kappa shape index (κ2) is 8.83. The number of halogens is 1. The highest BCUT2D eigenvalue weighted by molar-refractivity contribution is 7.80. The van der Waals surface area contributed by atoms with E-state index in [9.17, 15) is 14.0 Å². The average molecular weight is 414 g/mol. The molecule has 2 aromatic carbocycles. The topological polar surface area (TPSA) is 59.1 Å². The van der Waals surface area contributed by atoms with Gasteiger partial charge in [0.15, 0.2) is 5.11 Å². The highest BCUT2D eigenvalue weighted by atomic mass is 32.1. The molecule has 1 amide bonds. The van der Waals surface area contributed by atoms with Crippen LogP contribution in [0.15, 0.2) is 54.2 Å². The second-order valence-corrected chi connectivity index (χ2v) is 6.65. The second-order valence-electron chi connectivity index (χ2n) is 6.29. The fraction of sp³-hybridized carbons (Fsp3) is 0.190. The van der Waals surface area contributed by atoms with Crippen LogP contribution >= 0.6 is 12.2 Å². The molecule has 1 heterocycles. The number of hydrogen-bond acceptors (Lipinski definition) is 5. The largest absolute Gasteiger partial charge is 0.489 e. The number of benzene rings is 2. The predicted octanol–water partition coefficient (Wildman–Crippen LogP) is 2.98. The quantitative estimate of drug-likeness (QED) is 0.412. The van der Waals surface area contributed by atoms with Crippen molar-refractivity contribution in [1.82, 2.24) is 9.80 Å². The van der Waals surface area contributed by atoms with Crippen molar-refractivity contribution >= 4 is 35.3 Å². The van der Waals surface area contributed by atoms with Crippen LogP contribution in [-0.2, 0) is 20.9 Å². The third-order valence-corrected chi connectivity index (χ3v) is 4.88. The number of carbonyl (C=O) groups excluding carboxylic acids is 2. The molecule has 3 rings (SSSR count). The van der Waals surface area contributed by atoms with E-state index in [1.807, 2.05) is 0 Å². The van der Waals surface area contributed by atoms with Crippen molar-refractivity contribution in [2.45, 2.75) is 6.61 Å². The van der Waals surface area contributed by atoms with Crippen molar-refractivity contribution < 1.29 is 23.5 Å². The van der Waals surface area contributed by atoms with E-state index in [2.05, 4.69) is 4.74 Å². The van der Waals surface area contributed by atoms with Crippen LogP contribution < -0.4 is 4.74 Å². The number of hydrogen-bond donors (Lipinski definition) is 0. The summed E-state index contributed by atoms with van der Waals surface area (Å²) in [4.78, 5) is 26.9. The van der Waals surface area contributed by atoms with Gasteiger partial charge >= 0.3 is 5.97 Å². The van der Waals surface area contributed by atoms with Crippen molar-refractivity contribution in [2.24, 2.45) is 0 Å². The van der Waals surface area contributed by atoms with Crippen LogP contribution in [0.3, 0.4) is 0 Å². The van der Waals surface area contributed by atoms with Crippen molar-refractivity contribution in [3.05, 3.63) is 71.2 Å². The van der Waals surface area contributed by atoms with E-state index in [4.69, 9.17) is 17.0 Å². The molecule has 0 aromatic heterocycles. The molecule has 0 saturated carbocycles. The third kappa shape index (κ3) is 4.60. The SMILES string of the molecule is COC(=O)CN1C(=S)N(C)C(=O)/C1=C/c1ccc(OCc2ccccc2F)cc1. The van der Waals surface area contributed by atoms with E-state index >= 15 is 0 Å². The monoisotopic (exact) mass is 414 g/mol. The standard InChI is InChI=1S/C21H19FN2O4S/c1-23-20(26)18(24(21(23)29)12-19(25)27-2)11-14-7-9-16(10-8-14)28-13-15-5-3-4-6-17(15)22/h3-11H,12-13H2,1-2H3/b18-11-. The van der Waals surface area contributed by atoms with Gasteiger partial charge in [-0.15, -0.1) is 0 Å². The van der Waals surface area contributed by atoms with Gasteiger partial charge in [-0.05, 0) is 42.1 Å². The van der Waals surface area contributed by atoms with Crippen LogP contribution in [-0.4, -0.2) is 47.5 Å². The minimum Gasteiger partial charge on any atom is -0.489 e. The van der Waals surface area contributed by atoms with Crippen LogP contribution in [0, 0.1) is 5.82 Å². The maximum atomic E-state index is 13.7. The lowest BCUT2D eigenvalue weighted by Gasteiger charge is -2.16. The Hall–Kier alpha value is -3.26. The molecule has 0 aliphatic carbocycles. The summed E-state index contributed by atoms with van der Waals surface area (Å²) in [6.07, 6.45) is 1.64. The van der Waals surface area contributed by atoms with E-state index in [1.165, 1.54) is 23.0 Å². The number of likely N-dealkylation sites (N-methyl/N-ethyl adjacent to an activating group) is 1. The first-order valence-electron chi connectivity index (χ1n) is 8.75. The molecule has 0 bridgehead atoms. The molecule has 0 radical (unpaired) electrons. The van der Waals surface area contributed by atoms with Crippen LogP contribution in [0.5, 0.6) is 5.75 Å². The Bertz CT molecular complexity index is 975. The summed E-state index contributed by atoms with van der Waals surface area (Å²) in [6, 6.07) is 13.4. The molecule has 1 saturated heterocycles. The highest BCUT2D eigenvalue weighted by Gasteiger charge is 2.36. The Labute approximate surface area is 173 Å². The van der Waals surface area contributed by atoms with Gasteiger partial charge in [0.1, 0.15) is 30.4 Å². The molecule has 1 fully saturated rings. The Morgan fingerprint density at radius 3 is 2.52 bits per heavy atom. The maximum Gasteiger partial charge on any atom is 0.325 e. The van der Waals surface area contributed by atoms with Crippen LogP contribution in [0.2, 0.25) is 0 Å². The summed E-state index contributed by atoms with van der Waals surface area (Å²) in [5.74, 6) is -0.566. The molecule has 0 N–H and O–H groups in total. The number of ether oxygens (including phenoxy) is 2. The summed E-state index contributed by atoms with van der Waals surface area (Å²) in [5.41, 5.74) is 1.47. The molecule has 150 valence electrons. The molecule has 8 heteroatoms. The molecule has 0 atom stereocenters. The highest BCUT2D eigenvalue weighted by Crippen LogP contribution is 2.24. The van der Waals surface area contributed by atoms with Gasteiger partial charge in [-0.1, -0.05) is 30.3 Å². The van der Waals surface area contributed by atoms with E-state index in [-0.39, 0.29) is 35.7 Å². The summed E-state index contributed by atoms with van der Waals surface area (Å²) in [7, 11) is 2.83. The minimum absolute atomic E-state index is 0.109. The summed E-state index contributed by atoms with van der Waals surface area (Å²) >= 11 is 5.24. The molecular formula is C21H19FN2O4S. The Morgan fingerprint density at radius 1 is 1.17 bits per heavy atom. The van der Waals surface area contributed by atoms with Gasteiger partial charge in [-0.2, -0.15) is 0 Å². The number of thiocarbonyl (C=S) groups is 1. The molecule has 1 aliphatic heterocycles. The number of nitrogens with zero attached hydrogens (tertiary/aromatic N) is 2. The lowest BCUT2D eigenvalue weighted by molar-refractivity contribution is -0.140. The smallest absolute Gasteiger partial charge is 0.325 e. The fourth-order valence-electron chi connectivity index (χ4n) is 2.74. The van der Waals surface area contributed by atoms with Gasteiger partial charge in [0.25, 0.3) is 5.91 Å². The number of rotatable bonds is 6. The zero-order valence-corrected chi connectivity index (χ0v) is 16.7. The van der Waals surface area contributed by atoms with Gasteiger partial charge in [-0.25, -0.2) is 4.39 Å². The predicted molar refractivity (Wildman–Crippen MR) is 109 cm³/mol. The zero-order chi connectivity index (χ0) is 21.0. The normalized spacial score (nSPS) is 15.2. The van der Waals surface area contributed by atoms with Gasteiger partial charge in [0.05, 0.1) is 7.11 Å². The first-order chi connectivity index (χ1) is 13.9. The Morgan fingerprint density at radius 2 is 1.86 bits per heavy atom. The van der Waals surface area contributed by atoms with E-state index in [0.717, 1.165) is 5.56 Å². The number of methoxy groups -OCH3 is 1. The van der Waals surface area contributed by atoms with Crippen LogP contribution in [0.1, 0.15) is 11.1 Å². The molecule has 6 nitrogen and oxygen atoms in total. The number of amides is 1. The molecule has 29 heavy (non-hydrogen) atoms. The van der Waals surface area contributed by atoms with Gasteiger partial charge in [0.2, 0.25) is 0 Å².